The van der Waals surface area contributed by atoms with Crippen molar-refractivity contribution < 1.29 is 9.59 Å². The van der Waals surface area contributed by atoms with E-state index in [1.807, 2.05) is 17.7 Å². The van der Waals surface area contributed by atoms with E-state index < -0.39 is 5.91 Å². The Hall–Kier alpha value is -2.21. The molecule has 18 heavy (non-hydrogen) atoms. The summed E-state index contributed by atoms with van der Waals surface area (Å²) in [6.07, 6.45) is 1.29. The second kappa shape index (κ2) is 4.97. The number of carbonyl (C=O) groups excluding carboxylic acids is 2. The van der Waals surface area contributed by atoms with E-state index in [0.29, 0.717) is 0 Å². The Kier molecular flexibility index (Phi) is 3.38. The molecule has 2 rings (SSSR count). The topological polar surface area (TPSA) is 85.1 Å². The van der Waals surface area contributed by atoms with Gasteiger partial charge in [0, 0.05) is 11.6 Å². The molecule has 0 spiro atoms. The molecule has 2 aromatic heterocycles. The van der Waals surface area contributed by atoms with Gasteiger partial charge < -0.3 is 11.1 Å². The van der Waals surface area contributed by atoms with Crippen LogP contribution in [0.4, 0.5) is 5.69 Å². The van der Waals surface area contributed by atoms with Gasteiger partial charge in [-0.25, -0.2) is 0 Å². The maximum atomic E-state index is 11.9. The summed E-state index contributed by atoms with van der Waals surface area (Å²) in [4.78, 5) is 26.6. The summed E-state index contributed by atoms with van der Waals surface area (Å²) in [5.74, 6) is -0.879. The highest BCUT2D eigenvalue weighted by molar-refractivity contribution is 7.08. The lowest BCUT2D eigenvalue weighted by Gasteiger charge is -2.04. The first-order chi connectivity index (χ1) is 8.58. The van der Waals surface area contributed by atoms with Crippen LogP contribution in [-0.4, -0.2) is 16.8 Å². The first-order valence-corrected chi connectivity index (χ1v) is 6.12. The third kappa shape index (κ3) is 2.54. The van der Waals surface area contributed by atoms with Crippen LogP contribution in [0.25, 0.3) is 0 Å². The third-order valence-corrected chi connectivity index (χ3v) is 3.25. The molecule has 0 saturated carbocycles. The maximum absolute atomic E-state index is 11.9. The van der Waals surface area contributed by atoms with Crippen molar-refractivity contribution in [2.45, 2.75) is 6.92 Å². The van der Waals surface area contributed by atoms with Gasteiger partial charge in [0.2, 0.25) is 5.91 Å². The number of anilines is 1. The maximum Gasteiger partial charge on any atom is 0.274 e. The Morgan fingerprint density at radius 1 is 1.33 bits per heavy atom. The van der Waals surface area contributed by atoms with Crippen molar-refractivity contribution in [3.63, 3.8) is 0 Å². The van der Waals surface area contributed by atoms with Crippen LogP contribution in [0, 0.1) is 6.92 Å². The van der Waals surface area contributed by atoms with Crippen LogP contribution < -0.4 is 11.1 Å². The lowest BCUT2D eigenvalue weighted by atomic mass is 10.2. The van der Waals surface area contributed by atoms with Gasteiger partial charge in [-0.1, -0.05) is 0 Å². The highest BCUT2D eigenvalue weighted by Crippen LogP contribution is 2.19. The first kappa shape index (κ1) is 12.3. The van der Waals surface area contributed by atoms with Crippen molar-refractivity contribution in [1.29, 1.82) is 0 Å². The van der Waals surface area contributed by atoms with Gasteiger partial charge in [0.25, 0.3) is 5.91 Å². The predicted octanol–water partition coefficient (Wildman–Crippen LogP) is 1.80. The Bertz CT molecular complexity index is 590. The molecule has 92 valence electrons. The quantitative estimate of drug-likeness (QED) is 0.883. The summed E-state index contributed by atoms with van der Waals surface area (Å²) in [6, 6.07) is 2.95. The van der Waals surface area contributed by atoms with Crippen molar-refractivity contribution in [3.05, 3.63) is 45.9 Å². The molecule has 0 aliphatic heterocycles. The number of aromatic nitrogens is 1. The number of nitrogens with zero attached hydrogens (tertiary/aromatic N) is 1. The van der Waals surface area contributed by atoms with E-state index >= 15 is 0 Å². The fourth-order valence-corrected chi connectivity index (χ4v) is 2.13. The number of primary amides is 1. The Morgan fingerprint density at radius 2 is 2.11 bits per heavy atom. The van der Waals surface area contributed by atoms with Gasteiger partial charge in [-0.15, -0.1) is 11.3 Å². The average molecular weight is 261 g/mol. The number of amides is 2. The Morgan fingerprint density at radius 3 is 2.61 bits per heavy atom. The van der Waals surface area contributed by atoms with E-state index in [1.165, 1.54) is 29.7 Å². The van der Waals surface area contributed by atoms with E-state index in [-0.39, 0.29) is 17.2 Å². The highest BCUT2D eigenvalue weighted by atomic mass is 32.1. The molecule has 0 fully saturated rings. The molecule has 2 heterocycles. The minimum atomic E-state index is -0.567. The van der Waals surface area contributed by atoms with Crippen molar-refractivity contribution >= 4 is 28.8 Å². The summed E-state index contributed by atoms with van der Waals surface area (Å²) in [5.41, 5.74) is 7.38. The molecule has 5 nitrogen and oxygen atoms in total. The van der Waals surface area contributed by atoms with Gasteiger partial charge in [0.15, 0.2) is 0 Å². The minimum absolute atomic E-state index is 0.241. The number of hydrogen-bond acceptors (Lipinski definition) is 4. The monoisotopic (exact) mass is 261 g/mol. The van der Waals surface area contributed by atoms with Gasteiger partial charge in [-0.2, -0.15) is 0 Å². The summed E-state index contributed by atoms with van der Waals surface area (Å²) in [6.45, 7) is 1.91. The van der Waals surface area contributed by atoms with Gasteiger partial charge >= 0.3 is 0 Å². The van der Waals surface area contributed by atoms with E-state index in [9.17, 15) is 9.59 Å². The van der Waals surface area contributed by atoms with Gasteiger partial charge in [0.05, 0.1) is 11.3 Å². The fraction of sp³-hybridized carbons (Fsp3) is 0.0833. The summed E-state index contributed by atoms with van der Waals surface area (Å²) < 4.78 is 0. The van der Waals surface area contributed by atoms with Crippen LogP contribution in [0.3, 0.4) is 0 Å². The molecule has 3 N–H and O–H groups in total. The Balaban J connectivity index is 2.14. The number of aryl methyl sites for hydroxylation is 1. The summed E-state index contributed by atoms with van der Waals surface area (Å²) >= 11 is 1.51. The zero-order valence-corrected chi connectivity index (χ0v) is 10.5. The smallest absolute Gasteiger partial charge is 0.274 e. The molecule has 2 aromatic rings. The van der Waals surface area contributed by atoms with Crippen LogP contribution in [0.15, 0.2) is 29.1 Å². The highest BCUT2D eigenvalue weighted by Gasteiger charge is 2.10. The van der Waals surface area contributed by atoms with Crippen LogP contribution >= 0.6 is 11.3 Å². The molecule has 2 amide bonds. The van der Waals surface area contributed by atoms with Crippen molar-refractivity contribution in [3.8, 4) is 0 Å². The second-order valence-corrected chi connectivity index (χ2v) is 4.46. The van der Waals surface area contributed by atoms with Crippen LogP contribution in [0.2, 0.25) is 0 Å². The van der Waals surface area contributed by atoms with E-state index in [4.69, 9.17) is 5.73 Å². The molecular formula is C12H11N3O2S. The summed E-state index contributed by atoms with van der Waals surface area (Å²) in [7, 11) is 0. The minimum Gasteiger partial charge on any atom is -0.366 e. The van der Waals surface area contributed by atoms with Crippen molar-refractivity contribution in [2.75, 3.05) is 5.32 Å². The van der Waals surface area contributed by atoms with Crippen molar-refractivity contribution in [2.24, 2.45) is 5.73 Å². The largest absolute Gasteiger partial charge is 0.366 e. The standard InChI is InChI=1S/C12H11N3O2S/c1-7-5-18-6-10(7)15-12(17)9-3-2-8(4-14-9)11(13)16/h2-6H,1H3,(H2,13,16)(H,15,17). The number of thiophene rings is 1. The third-order valence-electron chi connectivity index (χ3n) is 2.38. The van der Waals surface area contributed by atoms with Crippen LogP contribution in [0.5, 0.6) is 0 Å². The van der Waals surface area contributed by atoms with Crippen LogP contribution in [0.1, 0.15) is 26.4 Å². The normalized spacial score (nSPS) is 10.1. The average Bonchev–Trinajstić information content (AvgIpc) is 2.75. The first-order valence-electron chi connectivity index (χ1n) is 5.18. The van der Waals surface area contributed by atoms with Gasteiger partial charge in [-0.3, -0.25) is 14.6 Å². The molecule has 0 aliphatic rings. The molecule has 6 heteroatoms. The molecule has 0 radical (unpaired) electrons. The second-order valence-electron chi connectivity index (χ2n) is 3.72. The molecule has 0 aliphatic carbocycles. The molecular weight excluding hydrogens is 250 g/mol. The number of nitrogens with two attached hydrogens (primary N) is 1. The molecule has 0 saturated heterocycles. The fourth-order valence-electron chi connectivity index (χ4n) is 1.35. The molecule has 0 aromatic carbocycles. The molecule has 0 atom stereocenters. The number of pyridine rings is 1. The SMILES string of the molecule is Cc1cscc1NC(=O)c1ccc(C(N)=O)cn1. The Labute approximate surface area is 108 Å². The molecule has 0 bridgehead atoms. The lowest BCUT2D eigenvalue weighted by Crippen LogP contribution is -2.16. The number of carbonyl (C=O) groups is 2. The predicted molar refractivity (Wildman–Crippen MR) is 69.8 cm³/mol. The number of rotatable bonds is 3. The zero-order valence-electron chi connectivity index (χ0n) is 9.64. The van der Waals surface area contributed by atoms with Crippen LogP contribution in [-0.2, 0) is 0 Å². The van der Waals surface area contributed by atoms with E-state index in [2.05, 4.69) is 10.3 Å². The summed E-state index contributed by atoms with van der Waals surface area (Å²) in [5, 5.41) is 6.54. The lowest BCUT2D eigenvalue weighted by molar-refractivity contribution is 0.0993. The zero-order chi connectivity index (χ0) is 13.1. The van der Waals surface area contributed by atoms with Crippen molar-refractivity contribution in [1.82, 2.24) is 4.98 Å². The van der Waals surface area contributed by atoms with Gasteiger partial charge in [0.1, 0.15) is 5.69 Å². The van der Waals surface area contributed by atoms with E-state index in [0.717, 1.165) is 11.3 Å². The number of nitrogens with one attached hydrogen (secondary N) is 1. The van der Waals surface area contributed by atoms with E-state index in [1.54, 1.807) is 0 Å². The number of hydrogen-bond donors (Lipinski definition) is 2. The molecule has 0 unspecified atom stereocenters. The van der Waals surface area contributed by atoms with Gasteiger partial charge in [-0.05, 0) is 30.0 Å².